The number of nitrogens with one attached hydrogen (secondary N) is 2. The second-order valence-corrected chi connectivity index (χ2v) is 5.86. The fraction of sp³-hybridized carbons (Fsp3) is 0.294. The van der Waals surface area contributed by atoms with Crippen molar-refractivity contribution in [3.05, 3.63) is 57.8 Å². The van der Waals surface area contributed by atoms with Crippen LogP contribution in [0.2, 0.25) is 0 Å². The predicted octanol–water partition coefficient (Wildman–Crippen LogP) is 3.71. The molecule has 0 aliphatic heterocycles. The molecule has 0 amide bonds. The summed E-state index contributed by atoms with van der Waals surface area (Å²) in [5, 5.41) is 19.8. The molecule has 6 heteroatoms. The second-order valence-electron chi connectivity index (χ2n) is 5.08. The molecule has 23 heavy (non-hydrogen) atoms. The minimum atomic E-state index is 0. The van der Waals surface area contributed by atoms with Gasteiger partial charge in [-0.05, 0) is 46.0 Å². The molecule has 0 aliphatic carbocycles. The maximum Gasteiger partial charge on any atom is 0.191 e. The molecule has 1 heterocycles. The molecule has 1 aromatic heterocycles. The van der Waals surface area contributed by atoms with Crippen LogP contribution in [0.4, 0.5) is 0 Å². The van der Waals surface area contributed by atoms with Crippen molar-refractivity contribution in [3.8, 4) is 6.07 Å². The molecule has 1 aromatic carbocycles. The van der Waals surface area contributed by atoms with Crippen molar-refractivity contribution in [1.82, 2.24) is 10.6 Å². The number of aliphatic imine (C=N–C) groups is 1. The monoisotopic (exact) mass is 440 g/mol. The first-order chi connectivity index (χ1) is 10.7. The number of rotatable bonds is 5. The number of guanidine groups is 1. The Morgan fingerprint density at radius 2 is 2.17 bits per heavy atom. The molecule has 1 atom stereocenters. The Labute approximate surface area is 158 Å². The molecule has 1 unspecified atom stereocenters. The van der Waals surface area contributed by atoms with Crippen molar-refractivity contribution in [3.63, 3.8) is 0 Å². The average Bonchev–Trinajstić information content (AvgIpc) is 3.09. The van der Waals surface area contributed by atoms with Crippen LogP contribution < -0.4 is 10.6 Å². The van der Waals surface area contributed by atoms with Gasteiger partial charge >= 0.3 is 0 Å². The van der Waals surface area contributed by atoms with E-state index in [4.69, 9.17) is 5.26 Å². The number of nitriles is 1. The molecule has 2 rings (SSSR count). The smallest absolute Gasteiger partial charge is 0.191 e. The number of halogens is 1. The summed E-state index contributed by atoms with van der Waals surface area (Å²) in [4.78, 5) is 4.23. The first-order valence-electron chi connectivity index (χ1n) is 7.18. The summed E-state index contributed by atoms with van der Waals surface area (Å²) < 4.78 is 0. The molecule has 0 fully saturated rings. The normalized spacial score (nSPS) is 12.0. The zero-order valence-electron chi connectivity index (χ0n) is 13.2. The third kappa shape index (κ3) is 6.20. The summed E-state index contributed by atoms with van der Waals surface area (Å²) in [5.74, 6) is 1.20. The van der Waals surface area contributed by atoms with Crippen LogP contribution in [0.1, 0.15) is 29.5 Å². The van der Waals surface area contributed by atoms with Crippen molar-refractivity contribution < 1.29 is 0 Å². The van der Waals surface area contributed by atoms with E-state index in [9.17, 15) is 0 Å². The molecular weight excluding hydrogens is 419 g/mol. The van der Waals surface area contributed by atoms with Crippen LogP contribution in [-0.2, 0) is 6.54 Å². The topological polar surface area (TPSA) is 60.2 Å². The largest absolute Gasteiger partial charge is 0.356 e. The van der Waals surface area contributed by atoms with Crippen molar-refractivity contribution in [2.24, 2.45) is 4.99 Å². The summed E-state index contributed by atoms with van der Waals surface area (Å²) in [6.45, 7) is 3.66. The summed E-state index contributed by atoms with van der Waals surface area (Å²) in [6.07, 6.45) is 0. The average molecular weight is 440 g/mol. The summed E-state index contributed by atoms with van der Waals surface area (Å²) in [5.41, 5.74) is 3.08. The van der Waals surface area contributed by atoms with Crippen molar-refractivity contribution >= 4 is 41.3 Å². The molecular formula is C17H21IN4S. The van der Waals surface area contributed by atoms with Gasteiger partial charge < -0.3 is 10.6 Å². The third-order valence-electron chi connectivity index (χ3n) is 3.43. The Hall–Kier alpha value is -1.59. The van der Waals surface area contributed by atoms with Crippen LogP contribution in [0.5, 0.6) is 0 Å². The van der Waals surface area contributed by atoms with Gasteiger partial charge in [-0.1, -0.05) is 19.1 Å². The molecule has 0 saturated heterocycles. The van der Waals surface area contributed by atoms with E-state index in [-0.39, 0.29) is 24.0 Å². The third-order valence-corrected chi connectivity index (χ3v) is 4.13. The van der Waals surface area contributed by atoms with Crippen LogP contribution >= 0.6 is 35.3 Å². The van der Waals surface area contributed by atoms with Crippen molar-refractivity contribution in [1.29, 1.82) is 5.26 Å². The van der Waals surface area contributed by atoms with Gasteiger partial charge in [0.15, 0.2) is 5.96 Å². The summed E-state index contributed by atoms with van der Waals surface area (Å²) >= 11 is 1.72. The summed E-state index contributed by atoms with van der Waals surface area (Å²) in [7, 11) is 1.76. The molecule has 122 valence electrons. The number of benzene rings is 1. The minimum Gasteiger partial charge on any atom is -0.356 e. The predicted molar refractivity (Wildman–Crippen MR) is 108 cm³/mol. The van der Waals surface area contributed by atoms with Gasteiger partial charge in [0.1, 0.15) is 0 Å². The fourth-order valence-corrected chi connectivity index (χ4v) is 2.86. The van der Waals surface area contributed by atoms with Gasteiger partial charge in [-0.15, -0.1) is 24.0 Å². The quantitative estimate of drug-likeness (QED) is 0.424. The van der Waals surface area contributed by atoms with Gasteiger partial charge in [-0.25, -0.2) is 0 Å². The maximum atomic E-state index is 8.92. The Balaban J connectivity index is 0.00000264. The number of nitrogens with zero attached hydrogens (tertiary/aromatic N) is 2. The highest BCUT2D eigenvalue weighted by Crippen LogP contribution is 2.16. The van der Waals surface area contributed by atoms with E-state index in [0.29, 0.717) is 18.0 Å². The van der Waals surface area contributed by atoms with Crippen molar-refractivity contribution in [2.45, 2.75) is 19.4 Å². The van der Waals surface area contributed by atoms with Gasteiger partial charge in [0.2, 0.25) is 0 Å². The van der Waals surface area contributed by atoms with E-state index < -0.39 is 0 Å². The molecule has 0 aliphatic rings. The highest BCUT2D eigenvalue weighted by Gasteiger charge is 2.07. The van der Waals surface area contributed by atoms with Crippen LogP contribution in [0.15, 0.2) is 46.1 Å². The summed E-state index contributed by atoms with van der Waals surface area (Å²) in [6, 6.07) is 11.9. The lowest BCUT2D eigenvalue weighted by Crippen LogP contribution is -2.38. The van der Waals surface area contributed by atoms with E-state index in [1.807, 2.05) is 18.2 Å². The second kappa shape index (κ2) is 10.2. The number of thiophene rings is 1. The first kappa shape index (κ1) is 19.5. The number of hydrogen-bond acceptors (Lipinski definition) is 3. The lowest BCUT2D eigenvalue weighted by Gasteiger charge is -2.15. The van der Waals surface area contributed by atoms with Crippen LogP contribution in [0.3, 0.4) is 0 Å². The zero-order valence-corrected chi connectivity index (χ0v) is 16.4. The molecule has 2 aromatic rings. The molecule has 2 N–H and O–H groups in total. The minimum absolute atomic E-state index is 0. The Bertz CT molecular complexity index is 661. The van der Waals surface area contributed by atoms with Gasteiger partial charge in [-0.2, -0.15) is 16.6 Å². The van der Waals surface area contributed by atoms with E-state index in [1.54, 1.807) is 24.5 Å². The zero-order chi connectivity index (χ0) is 15.8. The fourth-order valence-electron chi connectivity index (χ4n) is 2.08. The molecule has 0 spiro atoms. The van der Waals surface area contributed by atoms with E-state index in [0.717, 1.165) is 18.1 Å². The highest BCUT2D eigenvalue weighted by molar-refractivity contribution is 14.0. The Morgan fingerprint density at radius 1 is 1.35 bits per heavy atom. The molecule has 0 saturated carbocycles. The van der Waals surface area contributed by atoms with E-state index in [1.165, 1.54) is 5.56 Å². The van der Waals surface area contributed by atoms with Crippen LogP contribution in [0.25, 0.3) is 0 Å². The SMILES string of the molecule is CN=C(NCc1cccc(C#N)c1)NCC(C)c1ccsc1.I. The van der Waals surface area contributed by atoms with Crippen molar-refractivity contribution in [2.75, 3.05) is 13.6 Å². The lowest BCUT2D eigenvalue weighted by molar-refractivity contribution is 0.701. The van der Waals surface area contributed by atoms with Gasteiger partial charge in [0, 0.05) is 20.1 Å². The standard InChI is InChI=1S/C17H20N4S.HI/c1-13(16-6-7-22-12-16)10-20-17(19-2)21-11-15-5-3-4-14(8-15)9-18;/h3-8,12-13H,10-11H2,1-2H3,(H2,19,20,21);1H. The number of hydrogen-bond donors (Lipinski definition) is 2. The maximum absolute atomic E-state index is 8.92. The Morgan fingerprint density at radius 3 is 2.83 bits per heavy atom. The lowest BCUT2D eigenvalue weighted by atomic mass is 10.1. The van der Waals surface area contributed by atoms with Crippen LogP contribution in [-0.4, -0.2) is 19.6 Å². The molecule has 0 bridgehead atoms. The van der Waals surface area contributed by atoms with E-state index in [2.05, 4.69) is 45.4 Å². The highest BCUT2D eigenvalue weighted by atomic mass is 127. The Kier molecular flexibility index (Phi) is 8.66. The molecule has 0 radical (unpaired) electrons. The van der Waals surface area contributed by atoms with Crippen LogP contribution in [0, 0.1) is 11.3 Å². The van der Waals surface area contributed by atoms with Gasteiger partial charge in [0.25, 0.3) is 0 Å². The first-order valence-corrected chi connectivity index (χ1v) is 8.13. The molecule has 4 nitrogen and oxygen atoms in total. The van der Waals surface area contributed by atoms with Gasteiger partial charge in [0.05, 0.1) is 11.6 Å². The van der Waals surface area contributed by atoms with Gasteiger partial charge in [-0.3, -0.25) is 4.99 Å². The van der Waals surface area contributed by atoms with E-state index >= 15 is 0 Å².